The first-order valence-corrected chi connectivity index (χ1v) is 5.49. The first-order chi connectivity index (χ1) is 6.77. The zero-order valence-corrected chi connectivity index (χ0v) is 8.96. The van der Waals surface area contributed by atoms with Crippen molar-refractivity contribution in [1.82, 2.24) is 15.3 Å². The fraction of sp³-hybridized carbons (Fsp3) is 0.727. The highest BCUT2D eigenvalue weighted by Gasteiger charge is 2.29. The maximum atomic E-state index is 4.20. The van der Waals surface area contributed by atoms with E-state index in [4.69, 9.17) is 0 Å². The van der Waals surface area contributed by atoms with Crippen LogP contribution in [0, 0.1) is 11.8 Å². The monoisotopic (exact) mass is 193 g/mol. The van der Waals surface area contributed by atoms with Gasteiger partial charge in [-0.05, 0) is 24.7 Å². The topological polar surface area (TPSA) is 40.7 Å². The predicted molar refractivity (Wildman–Crippen MR) is 56.8 cm³/mol. The summed E-state index contributed by atoms with van der Waals surface area (Å²) in [6, 6.07) is 0.676. The van der Waals surface area contributed by atoms with Crippen molar-refractivity contribution in [3.05, 3.63) is 18.2 Å². The first kappa shape index (κ1) is 9.71. The average Bonchev–Trinajstić information content (AvgIpc) is 2.77. The molecule has 0 radical (unpaired) electrons. The lowest BCUT2D eigenvalue weighted by Crippen LogP contribution is -2.32. The summed E-state index contributed by atoms with van der Waals surface area (Å²) in [5.74, 6) is 2.70. The van der Waals surface area contributed by atoms with Crippen LogP contribution in [-0.2, 0) is 6.54 Å². The Balaban J connectivity index is 1.81. The van der Waals surface area contributed by atoms with Crippen LogP contribution in [0.3, 0.4) is 0 Å². The maximum Gasteiger partial charge on any atom is 0.120 e. The van der Waals surface area contributed by atoms with E-state index in [0.29, 0.717) is 6.04 Å². The summed E-state index contributed by atoms with van der Waals surface area (Å²) in [5, 5.41) is 3.57. The van der Waals surface area contributed by atoms with Gasteiger partial charge in [0.25, 0.3) is 0 Å². The van der Waals surface area contributed by atoms with Crippen LogP contribution < -0.4 is 5.32 Å². The highest BCUT2D eigenvalue weighted by Crippen LogP contribution is 2.31. The number of hydrogen-bond donors (Lipinski definition) is 2. The van der Waals surface area contributed by atoms with Crippen LogP contribution in [0.25, 0.3) is 0 Å². The molecule has 0 spiro atoms. The fourth-order valence-electron chi connectivity index (χ4n) is 2.28. The van der Waals surface area contributed by atoms with Crippen LogP contribution in [0.4, 0.5) is 0 Å². The van der Waals surface area contributed by atoms with Crippen LogP contribution in [0.1, 0.15) is 32.5 Å². The fourth-order valence-corrected chi connectivity index (χ4v) is 2.28. The first-order valence-electron chi connectivity index (χ1n) is 5.49. The van der Waals surface area contributed by atoms with E-state index in [9.17, 15) is 0 Å². The van der Waals surface area contributed by atoms with E-state index < -0.39 is 0 Å². The van der Waals surface area contributed by atoms with Crippen LogP contribution in [0.2, 0.25) is 0 Å². The molecular formula is C11H19N3. The molecule has 1 aliphatic rings. The molecule has 0 saturated heterocycles. The van der Waals surface area contributed by atoms with Gasteiger partial charge in [0, 0.05) is 18.4 Å². The lowest BCUT2D eigenvalue weighted by Gasteiger charge is -2.18. The Morgan fingerprint density at radius 2 is 2.36 bits per heavy atom. The van der Waals surface area contributed by atoms with Gasteiger partial charge < -0.3 is 10.3 Å². The smallest absolute Gasteiger partial charge is 0.120 e. The normalized spacial score (nSPS) is 32.3. The molecule has 3 unspecified atom stereocenters. The number of aromatic nitrogens is 2. The standard InChI is InChI=1S/C11H19N3/c1-8-3-4-10(9(8)2)14-7-11-12-5-6-13-11/h5-6,8-10,14H,3-4,7H2,1-2H3,(H,12,13). The molecule has 2 rings (SSSR count). The molecule has 2 N–H and O–H groups in total. The molecule has 1 heterocycles. The number of nitrogens with zero attached hydrogens (tertiary/aromatic N) is 1. The predicted octanol–water partition coefficient (Wildman–Crippen LogP) is 1.93. The minimum absolute atomic E-state index is 0.676. The summed E-state index contributed by atoms with van der Waals surface area (Å²) in [6.07, 6.45) is 6.34. The summed E-state index contributed by atoms with van der Waals surface area (Å²) in [7, 11) is 0. The Bertz CT molecular complexity index is 268. The Kier molecular flexibility index (Phi) is 2.87. The van der Waals surface area contributed by atoms with E-state index in [1.807, 2.05) is 6.20 Å². The summed E-state index contributed by atoms with van der Waals surface area (Å²) < 4.78 is 0. The SMILES string of the molecule is CC1CCC(NCc2ncc[nH]2)C1C. The molecule has 0 bridgehead atoms. The van der Waals surface area contributed by atoms with E-state index in [2.05, 4.69) is 29.1 Å². The van der Waals surface area contributed by atoms with Gasteiger partial charge in [-0.15, -0.1) is 0 Å². The van der Waals surface area contributed by atoms with E-state index in [-0.39, 0.29) is 0 Å². The van der Waals surface area contributed by atoms with Gasteiger partial charge in [0.05, 0.1) is 6.54 Å². The van der Waals surface area contributed by atoms with Gasteiger partial charge in [-0.25, -0.2) is 4.98 Å². The minimum Gasteiger partial charge on any atom is -0.348 e. The number of H-pyrrole nitrogens is 1. The lowest BCUT2D eigenvalue weighted by molar-refractivity contribution is 0.367. The molecular weight excluding hydrogens is 174 g/mol. The maximum absolute atomic E-state index is 4.20. The highest BCUT2D eigenvalue weighted by molar-refractivity contribution is 4.90. The number of imidazole rings is 1. The van der Waals surface area contributed by atoms with Crippen molar-refractivity contribution in [2.24, 2.45) is 11.8 Å². The molecule has 78 valence electrons. The third kappa shape index (κ3) is 1.98. The van der Waals surface area contributed by atoms with Gasteiger partial charge in [-0.1, -0.05) is 13.8 Å². The second-order valence-electron chi connectivity index (χ2n) is 4.44. The summed E-state index contributed by atoms with van der Waals surface area (Å²) in [5.41, 5.74) is 0. The van der Waals surface area contributed by atoms with Gasteiger partial charge in [-0.3, -0.25) is 0 Å². The second-order valence-corrected chi connectivity index (χ2v) is 4.44. The van der Waals surface area contributed by atoms with Gasteiger partial charge in [-0.2, -0.15) is 0 Å². The molecule has 1 fully saturated rings. The Labute approximate surface area is 85.3 Å². The van der Waals surface area contributed by atoms with Crippen molar-refractivity contribution >= 4 is 0 Å². The molecule has 3 nitrogen and oxygen atoms in total. The molecule has 0 amide bonds. The van der Waals surface area contributed by atoms with Crippen molar-refractivity contribution in [3.8, 4) is 0 Å². The van der Waals surface area contributed by atoms with Crippen molar-refractivity contribution in [2.75, 3.05) is 0 Å². The van der Waals surface area contributed by atoms with E-state index in [0.717, 1.165) is 24.2 Å². The molecule has 1 aromatic heterocycles. The Morgan fingerprint density at radius 3 is 2.93 bits per heavy atom. The highest BCUT2D eigenvalue weighted by atomic mass is 15.0. The van der Waals surface area contributed by atoms with Gasteiger partial charge in [0.1, 0.15) is 5.82 Å². The molecule has 3 heteroatoms. The van der Waals surface area contributed by atoms with Gasteiger partial charge in [0.15, 0.2) is 0 Å². The third-order valence-electron chi connectivity index (χ3n) is 3.55. The quantitative estimate of drug-likeness (QED) is 0.770. The number of rotatable bonds is 3. The van der Waals surface area contributed by atoms with E-state index in [1.165, 1.54) is 12.8 Å². The molecule has 14 heavy (non-hydrogen) atoms. The second kappa shape index (κ2) is 4.13. The summed E-state index contributed by atoms with van der Waals surface area (Å²) in [4.78, 5) is 7.32. The molecule has 0 aromatic carbocycles. The molecule has 0 aliphatic heterocycles. The zero-order valence-electron chi connectivity index (χ0n) is 8.96. The largest absolute Gasteiger partial charge is 0.348 e. The van der Waals surface area contributed by atoms with Crippen LogP contribution in [0.5, 0.6) is 0 Å². The van der Waals surface area contributed by atoms with Crippen molar-refractivity contribution in [2.45, 2.75) is 39.3 Å². The van der Waals surface area contributed by atoms with Gasteiger partial charge >= 0.3 is 0 Å². The number of nitrogens with one attached hydrogen (secondary N) is 2. The van der Waals surface area contributed by atoms with E-state index in [1.54, 1.807) is 6.20 Å². The number of aromatic amines is 1. The minimum atomic E-state index is 0.676. The zero-order chi connectivity index (χ0) is 9.97. The van der Waals surface area contributed by atoms with Crippen LogP contribution in [-0.4, -0.2) is 16.0 Å². The van der Waals surface area contributed by atoms with Gasteiger partial charge in [0.2, 0.25) is 0 Å². The Hall–Kier alpha value is -0.830. The van der Waals surface area contributed by atoms with E-state index >= 15 is 0 Å². The van der Waals surface area contributed by atoms with Crippen LogP contribution in [0.15, 0.2) is 12.4 Å². The summed E-state index contributed by atoms with van der Waals surface area (Å²) in [6.45, 7) is 5.56. The lowest BCUT2D eigenvalue weighted by atomic mass is 9.98. The Morgan fingerprint density at radius 1 is 1.50 bits per heavy atom. The molecule has 1 aliphatic carbocycles. The molecule has 1 saturated carbocycles. The molecule has 3 atom stereocenters. The van der Waals surface area contributed by atoms with Crippen molar-refractivity contribution < 1.29 is 0 Å². The van der Waals surface area contributed by atoms with Crippen LogP contribution >= 0.6 is 0 Å². The molecule has 1 aromatic rings. The number of hydrogen-bond acceptors (Lipinski definition) is 2. The van der Waals surface area contributed by atoms with Crippen molar-refractivity contribution in [3.63, 3.8) is 0 Å². The summed E-state index contributed by atoms with van der Waals surface area (Å²) >= 11 is 0. The van der Waals surface area contributed by atoms with Crippen molar-refractivity contribution in [1.29, 1.82) is 0 Å². The average molecular weight is 193 g/mol. The third-order valence-corrected chi connectivity index (χ3v) is 3.55.